The van der Waals surface area contributed by atoms with E-state index >= 15 is 0 Å². The molecule has 2 aliphatic heterocycles. The Morgan fingerprint density at radius 2 is 1.60 bits per heavy atom. The van der Waals surface area contributed by atoms with Gasteiger partial charge < -0.3 is 24.6 Å². The summed E-state index contributed by atoms with van der Waals surface area (Å²) in [4.78, 5) is 67.5. The van der Waals surface area contributed by atoms with Gasteiger partial charge in [-0.2, -0.15) is 0 Å². The van der Waals surface area contributed by atoms with Crippen LogP contribution in [0.5, 0.6) is 0 Å². The minimum absolute atomic E-state index is 0.0277. The Morgan fingerprint density at radius 1 is 0.914 bits per heavy atom. The highest BCUT2D eigenvalue weighted by Crippen LogP contribution is 2.33. The van der Waals surface area contributed by atoms with Crippen molar-refractivity contribution in [3.63, 3.8) is 0 Å². The first-order valence-corrected chi connectivity index (χ1v) is 22.7. The molecule has 2 amide bonds. The number of rotatable bonds is 23. The van der Waals surface area contributed by atoms with Gasteiger partial charge in [0.1, 0.15) is 5.78 Å². The molecule has 0 bridgehead atoms. The molecule has 4 rings (SSSR count). The fraction of sp³-hybridized carbons (Fsp3) is 0.717. The zero-order valence-electron chi connectivity index (χ0n) is 37.0. The molecule has 1 N–H and O–H groups in total. The van der Waals surface area contributed by atoms with Gasteiger partial charge in [0.2, 0.25) is 11.8 Å². The molecule has 0 aliphatic carbocycles. The van der Waals surface area contributed by atoms with E-state index in [-0.39, 0.29) is 78.0 Å². The highest BCUT2D eigenvalue weighted by Gasteiger charge is 2.43. The van der Waals surface area contributed by atoms with Gasteiger partial charge in [-0.3, -0.25) is 24.1 Å². The molecule has 2 aliphatic rings. The van der Waals surface area contributed by atoms with Crippen molar-refractivity contribution >= 4 is 34.7 Å². The van der Waals surface area contributed by atoms with E-state index in [1.807, 2.05) is 56.3 Å². The predicted molar refractivity (Wildman–Crippen MR) is 232 cm³/mol. The molecule has 12 heteroatoms. The van der Waals surface area contributed by atoms with Gasteiger partial charge in [0.15, 0.2) is 5.78 Å². The van der Waals surface area contributed by atoms with Gasteiger partial charge in [-0.15, -0.1) is 11.3 Å². The molecule has 1 aromatic carbocycles. The maximum atomic E-state index is 14.5. The Labute approximate surface area is 353 Å². The van der Waals surface area contributed by atoms with Gasteiger partial charge in [0, 0.05) is 96.2 Å². The number of benzene rings is 1. The van der Waals surface area contributed by atoms with E-state index in [9.17, 15) is 19.2 Å². The van der Waals surface area contributed by atoms with Crippen LogP contribution < -0.4 is 5.32 Å². The smallest absolute Gasteiger partial charge is 0.226 e. The molecule has 2 fully saturated rings. The first kappa shape index (κ1) is 47.6. The van der Waals surface area contributed by atoms with Crippen molar-refractivity contribution in [1.29, 1.82) is 0 Å². The third kappa shape index (κ3) is 12.3. The maximum Gasteiger partial charge on any atom is 0.226 e. The van der Waals surface area contributed by atoms with Crippen molar-refractivity contribution < 1.29 is 28.7 Å². The Kier molecular flexibility index (Phi) is 19.0. The lowest BCUT2D eigenvalue weighted by Crippen LogP contribution is -2.55. The summed E-state index contributed by atoms with van der Waals surface area (Å²) in [5.74, 6) is -0.800. The normalized spacial score (nSPS) is 20.6. The second kappa shape index (κ2) is 23.1. The minimum atomic E-state index is -0.567. The van der Waals surface area contributed by atoms with Crippen molar-refractivity contribution in [3.05, 3.63) is 52.5 Å². The fourth-order valence-electron chi connectivity index (χ4n) is 9.51. The van der Waals surface area contributed by atoms with E-state index in [0.717, 1.165) is 56.0 Å². The van der Waals surface area contributed by atoms with Crippen LogP contribution in [0, 0.1) is 29.6 Å². The van der Waals surface area contributed by atoms with Gasteiger partial charge in [-0.25, -0.2) is 4.98 Å². The van der Waals surface area contributed by atoms with Crippen LogP contribution in [0.15, 0.2) is 41.9 Å². The van der Waals surface area contributed by atoms with Crippen LogP contribution in [0.1, 0.15) is 103 Å². The average molecular weight is 824 g/mol. The van der Waals surface area contributed by atoms with Crippen LogP contribution in [0.3, 0.4) is 0 Å². The summed E-state index contributed by atoms with van der Waals surface area (Å²) >= 11 is 1.57. The van der Waals surface area contributed by atoms with Crippen LogP contribution >= 0.6 is 11.3 Å². The van der Waals surface area contributed by atoms with E-state index < -0.39 is 24.0 Å². The number of likely N-dealkylation sites (tertiary alicyclic amines) is 1. The Morgan fingerprint density at radius 3 is 2.17 bits per heavy atom. The van der Waals surface area contributed by atoms with Crippen molar-refractivity contribution in [2.45, 2.75) is 130 Å². The van der Waals surface area contributed by atoms with E-state index in [4.69, 9.17) is 9.47 Å². The SMILES string of the molecule is CC[C@H](C)[C@@H](C(CC(=O)N1CCC[C@H]1[C@H](OC)[C@@H](C)C(=O)C[C@@H](Cc1ccccc1)c1nccs1)OC)N(C)C(=O)[C@@H](CC(=O)[C@H](C(C)C)N1CCNCC1)C(C)C. The van der Waals surface area contributed by atoms with Crippen molar-refractivity contribution in [3.8, 4) is 0 Å². The molecule has 324 valence electrons. The molecule has 2 saturated heterocycles. The largest absolute Gasteiger partial charge is 0.379 e. The van der Waals surface area contributed by atoms with Gasteiger partial charge in [0.05, 0.1) is 41.8 Å². The molecule has 58 heavy (non-hydrogen) atoms. The number of nitrogens with one attached hydrogen (secondary N) is 1. The standard InChI is InChI=1S/C46H73N5O6S/c1-11-32(6)43(49(8)46(55)36(30(2)3)28-39(53)42(31(4)5)50-23-19-47-20-24-50)40(56-9)29-41(54)51-22-15-18-37(51)44(57-10)33(7)38(52)27-35(45-48-21-25-58-45)26-34-16-13-12-14-17-34/h12-14,16-17,21,25,30-33,35-37,40,42-44,47H,11,15,18-20,22-24,26-29H2,1-10H3/t32-,33-,35+,36-,37-,40?,42-,43-,44+/m0/s1. The number of amides is 2. The maximum absolute atomic E-state index is 14.5. The summed E-state index contributed by atoms with van der Waals surface area (Å²) in [6.07, 6.45) is 4.41. The number of carbonyl (C=O) groups is 4. The number of hydrogen-bond donors (Lipinski definition) is 1. The summed E-state index contributed by atoms with van der Waals surface area (Å²) in [5.41, 5.74) is 1.16. The molecule has 2 aromatic rings. The summed E-state index contributed by atoms with van der Waals surface area (Å²) < 4.78 is 12.2. The van der Waals surface area contributed by atoms with E-state index in [1.54, 1.807) is 36.7 Å². The van der Waals surface area contributed by atoms with Crippen LogP contribution in [-0.4, -0.2) is 127 Å². The van der Waals surface area contributed by atoms with Gasteiger partial charge in [-0.05, 0) is 42.6 Å². The monoisotopic (exact) mass is 824 g/mol. The lowest BCUT2D eigenvalue weighted by Gasteiger charge is -2.41. The molecular weight excluding hydrogens is 751 g/mol. The number of aromatic nitrogens is 1. The zero-order chi connectivity index (χ0) is 42.5. The number of piperazine rings is 1. The van der Waals surface area contributed by atoms with Gasteiger partial charge >= 0.3 is 0 Å². The third-order valence-electron chi connectivity index (χ3n) is 13.0. The summed E-state index contributed by atoms with van der Waals surface area (Å²) in [6, 6.07) is 9.32. The predicted octanol–water partition coefficient (Wildman–Crippen LogP) is 6.51. The number of carbonyl (C=O) groups excluding carboxylic acids is 4. The van der Waals surface area contributed by atoms with E-state index in [1.165, 1.54) is 0 Å². The molecule has 9 atom stereocenters. The Bertz CT molecular complexity index is 1570. The van der Waals surface area contributed by atoms with Crippen LogP contribution in [-0.2, 0) is 35.1 Å². The zero-order valence-corrected chi connectivity index (χ0v) is 37.8. The van der Waals surface area contributed by atoms with Crippen LogP contribution in [0.25, 0.3) is 0 Å². The Balaban J connectivity index is 1.48. The molecule has 1 aromatic heterocycles. The number of ether oxygens (including phenoxy) is 2. The molecule has 0 radical (unpaired) electrons. The number of Topliss-reactive ketones (excluding diaryl/α,β-unsaturated/α-hetero) is 2. The van der Waals surface area contributed by atoms with Crippen molar-refractivity contribution in [2.75, 3.05) is 54.0 Å². The van der Waals surface area contributed by atoms with Gasteiger partial charge in [0.25, 0.3) is 0 Å². The lowest BCUT2D eigenvalue weighted by molar-refractivity contribution is -0.149. The number of nitrogens with zero attached hydrogens (tertiary/aromatic N) is 4. The summed E-state index contributed by atoms with van der Waals surface area (Å²) in [6.45, 7) is 18.2. The highest BCUT2D eigenvalue weighted by molar-refractivity contribution is 7.09. The third-order valence-corrected chi connectivity index (χ3v) is 13.9. The average Bonchev–Trinajstić information content (AvgIpc) is 3.94. The number of ketones is 2. The first-order chi connectivity index (χ1) is 27.7. The van der Waals surface area contributed by atoms with Crippen LogP contribution in [0.2, 0.25) is 0 Å². The lowest BCUT2D eigenvalue weighted by atomic mass is 9.83. The van der Waals surface area contributed by atoms with E-state index in [0.29, 0.717) is 19.4 Å². The van der Waals surface area contributed by atoms with Gasteiger partial charge in [-0.1, -0.05) is 85.2 Å². The molecule has 1 unspecified atom stereocenters. The second-order valence-electron chi connectivity index (χ2n) is 17.5. The molecule has 0 spiro atoms. The first-order valence-electron chi connectivity index (χ1n) is 21.8. The van der Waals surface area contributed by atoms with Crippen LogP contribution in [0.4, 0.5) is 0 Å². The highest BCUT2D eigenvalue weighted by atomic mass is 32.1. The second-order valence-corrected chi connectivity index (χ2v) is 18.4. The van der Waals surface area contributed by atoms with Crippen molar-refractivity contribution in [2.24, 2.45) is 29.6 Å². The molecule has 3 heterocycles. The van der Waals surface area contributed by atoms with E-state index in [2.05, 4.69) is 55.0 Å². The number of hydrogen-bond acceptors (Lipinski definition) is 10. The Hall–Kier alpha value is -3.03. The fourth-order valence-corrected chi connectivity index (χ4v) is 10.3. The molecule has 0 saturated carbocycles. The quantitative estimate of drug-likeness (QED) is 0.134. The molecular formula is C46H73N5O6S. The van der Waals surface area contributed by atoms with Crippen molar-refractivity contribution in [1.82, 2.24) is 25.0 Å². The summed E-state index contributed by atoms with van der Waals surface area (Å²) in [7, 11) is 5.07. The number of likely N-dealkylation sites (N-methyl/N-ethyl adjacent to an activating group) is 1. The molecule has 11 nitrogen and oxygen atoms in total. The minimum Gasteiger partial charge on any atom is -0.379 e. The number of thiazole rings is 1. The number of methoxy groups -OCH3 is 2. The summed E-state index contributed by atoms with van der Waals surface area (Å²) in [5, 5.41) is 6.28. The topological polar surface area (TPSA) is 121 Å².